The average Bonchev–Trinajstić information content (AvgIpc) is 3.37. The van der Waals surface area contributed by atoms with Crippen LogP contribution in [0.25, 0.3) is 0 Å². The third-order valence-corrected chi connectivity index (χ3v) is 5.65. The number of allylic oxidation sites excluding steroid dienone is 1. The molecule has 0 unspecified atom stereocenters. The molecule has 3 rings (SSSR count). The number of carbonyl (C=O) groups is 1. The van der Waals surface area contributed by atoms with E-state index in [0.717, 1.165) is 29.0 Å². The van der Waals surface area contributed by atoms with Crippen LogP contribution in [0.5, 0.6) is 5.75 Å². The summed E-state index contributed by atoms with van der Waals surface area (Å²) in [5, 5.41) is 12.4. The van der Waals surface area contributed by atoms with E-state index in [1.54, 1.807) is 43.1 Å². The van der Waals surface area contributed by atoms with Crippen molar-refractivity contribution in [3.05, 3.63) is 48.3 Å². The van der Waals surface area contributed by atoms with E-state index < -0.39 is 0 Å². The van der Waals surface area contributed by atoms with Crippen molar-refractivity contribution in [1.29, 1.82) is 0 Å². The molecule has 2 aromatic rings. The second-order valence-electron chi connectivity index (χ2n) is 6.61. The Kier molecular flexibility index (Phi) is 7.50. The summed E-state index contributed by atoms with van der Waals surface area (Å²) in [4.78, 5) is 14.9. The maximum atomic E-state index is 12.4. The zero-order chi connectivity index (χ0) is 19.8. The third-order valence-electron chi connectivity index (χ3n) is 4.70. The number of likely N-dealkylation sites (tertiary alicyclic amines) is 1. The van der Waals surface area contributed by atoms with Gasteiger partial charge in [0, 0.05) is 24.4 Å². The topological polar surface area (TPSA) is 72.3 Å². The number of carbonyl (C=O) groups excluding carboxylic acids is 1. The Bertz CT molecular complexity index is 784. The Morgan fingerprint density at radius 3 is 2.71 bits per heavy atom. The number of benzene rings is 1. The molecule has 0 spiro atoms. The lowest BCUT2D eigenvalue weighted by molar-refractivity contribution is 0.0949. The number of hydrogen-bond donors (Lipinski definition) is 1. The van der Waals surface area contributed by atoms with Crippen molar-refractivity contribution in [1.82, 2.24) is 25.0 Å². The number of aromatic nitrogens is 3. The van der Waals surface area contributed by atoms with Crippen LogP contribution >= 0.6 is 11.8 Å². The Labute approximate surface area is 170 Å². The van der Waals surface area contributed by atoms with Crippen molar-refractivity contribution in [2.75, 3.05) is 32.5 Å². The van der Waals surface area contributed by atoms with Crippen LogP contribution in [-0.4, -0.2) is 58.1 Å². The highest BCUT2D eigenvalue weighted by atomic mass is 32.2. The number of amides is 1. The van der Waals surface area contributed by atoms with Gasteiger partial charge in [0.25, 0.3) is 5.91 Å². The van der Waals surface area contributed by atoms with E-state index >= 15 is 0 Å². The van der Waals surface area contributed by atoms with Gasteiger partial charge in [-0.1, -0.05) is 17.8 Å². The van der Waals surface area contributed by atoms with Crippen LogP contribution in [0.3, 0.4) is 0 Å². The largest absolute Gasteiger partial charge is 0.497 e. The highest BCUT2D eigenvalue weighted by Crippen LogP contribution is 2.19. The van der Waals surface area contributed by atoms with Gasteiger partial charge in [-0.25, -0.2) is 0 Å². The molecule has 1 amide bonds. The second kappa shape index (κ2) is 10.3. The number of nitrogens with zero attached hydrogens (tertiary/aromatic N) is 4. The fraction of sp³-hybridized carbons (Fsp3) is 0.450. The van der Waals surface area contributed by atoms with Gasteiger partial charge < -0.3 is 19.5 Å². The first-order valence-electron chi connectivity index (χ1n) is 9.51. The molecule has 1 aromatic heterocycles. The van der Waals surface area contributed by atoms with Crippen LogP contribution in [-0.2, 0) is 13.1 Å². The fourth-order valence-electron chi connectivity index (χ4n) is 3.15. The van der Waals surface area contributed by atoms with Crippen LogP contribution in [0.15, 0.2) is 42.1 Å². The van der Waals surface area contributed by atoms with Crippen molar-refractivity contribution in [3.63, 3.8) is 0 Å². The summed E-state index contributed by atoms with van der Waals surface area (Å²) >= 11 is 1.70. The molecule has 1 aliphatic rings. The molecule has 1 N–H and O–H groups in total. The molecule has 0 atom stereocenters. The maximum Gasteiger partial charge on any atom is 0.251 e. The standard InChI is InChI=1S/C20H27N5O2S/c1-3-10-25-18(15-21-19(26)16-6-8-17(27-2)9-7-16)22-23-20(25)28-14-13-24-11-4-5-12-24/h3,6-9H,1,4-5,10-15H2,2H3,(H,21,26). The summed E-state index contributed by atoms with van der Waals surface area (Å²) in [5.74, 6) is 2.27. The van der Waals surface area contributed by atoms with E-state index in [1.807, 2.05) is 10.6 Å². The molecule has 1 aliphatic heterocycles. The average molecular weight is 402 g/mol. The smallest absolute Gasteiger partial charge is 0.251 e. The SMILES string of the molecule is C=CCn1c(CNC(=O)c2ccc(OC)cc2)nnc1SCCN1CCCC1. The number of thioether (sulfide) groups is 1. The summed E-state index contributed by atoms with van der Waals surface area (Å²) in [6.45, 7) is 8.22. The van der Waals surface area contributed by atoms with Crippen molar-refractivity contribution in [3.8, 4) is 5.75 Å². The molecule has 1 fully saturated rings. The molecule has 0 saturated carbocycles. The lowest BCUT2D eigenvalue weighted by atomic mass is 10.2. The van der Waals surface area contributed by atoms with Crippen molar-refractivity contribution in [2.45, 2.75) is 31.1 Å². The summed E-state index contributed by atoms with van der Waals surface area (Å²) in [6.07, 6.45) is 4.42. The Hall–Kier alpha value is -2.32. The Morgan fingerprint density at radius 1 is 1.29 bits per heavy atom. The number of ether oxygens (including phenoxy) is 1. The molecule has 28 heavy (non-hydrogen) atoms. The van der Waals surface area contributed by atoms with E-state index in [2.05, 4.69) is 27.0 Å². The molecule has 1 aromatic carbocycles. The first-order valence-corrected chi connectivity index (χ1v) is 10.5. The van der Waals surface area contributed by atoms with Crippen molar-refractivity contribution < 1.29 is 9.53 Å². The first kappa shape index (κ1) is 20.4. The number of nitrogens with one attached hydrogen (secondary N) is 1. The molecule has 150 valence electrons. The van der Waals surface area contributed by atoms with Crippen LogP contribution in [0.4, 0.5) is 0 Å². The minimum absolute atomic E-state index is 0.154. The monoisotopic (exact) mass is 401 g/mol. The highest BCUT2D eigenvalue weighted by molar-refractivity contribution is 7.99. The maximum absolute atomic E-state index is 12.4. The van der Waals surface area contributed by atoms with Gasteiger partial charge in [0.15, 0.2) is 11.0 Å². The van der Waals surface area contributed by atoms with E-state index in [4.69, 9.17) is 4.74 Å². The Balaban J connectivity index is 1.56. The molecule has 7 nitrogen and oxygen atoms in total. The Morgan fingerprint density at radius 2 is 2.04 bits per heavy atom. The number of hydrogen-bond acceptors (Lipinski definition) is 6. The molecule has 0 radical (unpaired) electrons. The minimum Gasteiger partial charge on any atom is -0.497 e. The number of rotatable bonds is 10. The van der Waals surface area contributed by atoms with E-state index in [9.17, 15) is 4.79 Å². The molecular formula is C20H27N5O2S. The molecule has 1 saturated heterocycles. The van der Waals surface area contributed by atoms with Gasteiger partial charge in [-0.05, 0) is 50.2 Å². The zero-order valence-electron chi connectivity index (χ0n) is 16.3. The van der Waals surface area contributed by atoms with E-state index in [1.165, 1.54) is 25.9 Å². The predicted octanol–water partition coefficient (Wildman–Crippen LogP) is 2.59. The third kappa shape index (κ3) is 5.36. The predicted molar refractivity (Wildman–Crippen MR) is 111 cm³/mol. The van der Waals surface area contributed by atoms with Crippen LogP contribution in [0.2, 0.25) is 0 Å². The summed E-state index contributed by atoms with van der Waals surface area (Å²) in [5.41, 5.74) is 0.579. The zero-order valence-corrected chi connectivity index (χ0v) is 17.1. The van der Waals surface area contributed by atoms with Gasteiger partial charge in [0.05, 0.1) is 13.7 Å². The van der Waals surface area contributed by atoms with Crippen LogP contribution in [0.1, 0.15) is 29.0 Å². The molecule has 2 heterocycles. The number of methoxy groups -OCH3 is 1. The molecule has 0 bridgehead atoms. The van der Waals surface area contributed by atoms with Crippen molar-refractivity contribution in [2.24, 2.45) is 0 Å². The second-order valence-corrected chi connectivity index (χ2v) is 7.67. The van der Waals surface area contributed by atoms with Gasteiger partial charge >= 0.3 is 0 Å². The van der Waals surface area contributed by atoms with Crippen LogP contribution in [0, 0.1) is 0 Å². The quantitative estimate of drug-likeness (QED) is 0.487. The lowest BCUT2D eigenvalue weighted by Crippen LogP contribution is -2.25. The van der Waals surface area contributed by atoms with Crippen LogP contribution < -0.4 is 10.1 Å². The van der Waals surface area contributed by atoms with Gasteiger partial charge in [0.2, 0.25) is 0 Å². The van der Waals surface area contributed by atoms with E-state index in [0.29, 0.717) is 18.7 Å². The van der Waals surface area contributed by atoms with Gasteiger partial charge in [-0.3, -0.25) is 4.79 Å². The van der Waals surface area contributed by atoms with Gasteiger partial charge in [-0.15, -0.1) is 16.8 Å². The van der Waals surface area contributed by atoms with Gasteiger partial charge in [0.1, 0.15) is 5.75 Å². The van der Waals surface area contributed by atoms with Gasteiger partial charge in [-0.2, -0.15) is 0 Å². The minimum atomic E-state index is -0.154. The van der Waals surface area contributed by atoms with Crippen molar-refractivity contribution >= 4 is 17.7 Å². The summed E-state index contributed by atoms with van der Waals surface area (Å²) in [6, 6.07) is 7.01. The normalized spacial score (nSPS) is 14.2. The molecule has 8 heteroatoms. The molecular weight excluding hydrogens is 374 g/mol. The summed E-state index contributed by atoms with van der Waals surface area (Å²) in [7, 11) is 1.60. The lowest BCUT2D eigenvalue weighted by Gasteiger charge is -2.14. The molecule has 0 aliphatic carbocycles. The highest BCUT2D eigenvalue weighted by Gasteiger charge is 2.15. The first-order chi connectivity index (χ1) is 13.7. The summed E-state index contributed by atoms with van der Waals surface area (Å²) < 4.78 is 7.13. The fourth-order valence-corrected chi connectivity index (χ4v) is 4.11. The van der Waals surface area contributed by atoms with E-state index in [-0.39, 0.29) is 5.91 Å².